The number of hydrogen-bond donors (Lipinski definition) is 4. The Labute approximate surface area is 191 Å². The lowest BCUT2D eigenvalue weighted by Gasteiger charge is -2.29. The van der Waals surface area contributed by atoms with Gasteiger partial charge in [-0.25, -0.2) is 19.2 Å². The molecule has 0 aliphatic carbocycles. The number of aliphatic carboxylic acids is 1. The Kier molecular flexibility index (Phi) is 10.9. The molecule has 33 heavy (non-hydrogen) atoms. The number of carboxylic acid groups (broad SMARTS) is 1. The highest BCUT2D eigenvalue weighted by atomic mass is 16.6. The predicted molar refractivity (Wildman–Crippen MR) is 112 cm³/mol. The van der Waals surface area contributed by atoms with Gasteiger partial charge in [0.1, 0.15) is 18.1 Å². The number of carbonyl (C=O) groups excluding carboxylic acids is 5. The van der Waals surface area contributed by atoms with Gasteiger partial charge in [0, 0.05) is 19.4 Å². The average molecular weight is 472 g/mol. The minimum Gasteiger partial charge on any atom is -0.478 e. The number of hydrogen-bond acceptors (Lipinski definition) is 10. The number of carboxylic acids is 1. The number of esters is 3. The van der Waals surface area contributed by atoms with Crippen LogP contribution in [0.4, 0.5) is 0 Å². The van der Waals surface area contributed by atoms with Crippen LogP contribution in [0.25, 0.3) is 0 Å². The van der Waals surface area contributed by atoms with Crippen LogP contribution in [0.3, 0.4) is 0 Å². The highest BCUT2D eigenvalue weighted by Crippen LogP contribution is 2.15. The lowest BCUT2D eigenvalue weighted by atomic mass is 10.0. The molecule has 6 N–H and O–H groups in total. The molecule has 1 aliphatic rings. The van der Waals surface area contributed by atoms with Crippen LogP contribution in [-0.4, -0.2) is 83.5 Å². The fraction of sp³-hybridized carbons (Fsp3) is 0.700. The zero-order chi connectivity index (χ0) is 25.3. The Hall–Kier alpha value is -3.06. The van der Waals surface area contributed by atoms with Gasteiger partial charge in [0.25, 0.3) is 0 Å². The normalized spacial score (nSPS) is 18.4. The maximum atomic E-state index is 12.7. The Morgan fingerprint density at radius 2 is 1.85 bits per heavy atom. The van der Waals surface area contributed by atoms with Gasteiger partial charge in [-0.3, -0.25) is 14.5 Å². The number of primary amides is 1. The fourth-order valence-corrected chi connectivity index (χ4v) is 3.13. The number of nitrogens with two attached hydrogens (primary N) is 2. The number of likely N-dealkylation sites (N-methyl/N-ethyl adjacent to an activating group) is 1. The van der Waals surface area contributed by atoms with E-state index < -0.39 is 54.0 Å². The highest BCUT2D eigenvalue weighted by molar-refractivity contribution is 5.91. The van der Waals surface area contributed by atoms with Crippen molar-refractivity contribution in [2.45, 2.75) is 70.2 Å². The monoisotopic (exact) mass is 472 g/mol. The summed E-state index contributed by atoms with van der Waals surface area (Å²) in [6.07, 6.45) is -1.35. The van der Waals surface area contributed by atoms with Gasteiger partial charge in [-0.15, -0.1) is 0 Å². The number of rotatable bonds is 13. The third kappa shape index (κ3) is 9.53. The highest BCUT2D eigenvalue weighted by Gasteiger charge is 2.36. The molecular formula is C20H32N4O9. The smallest absolute Gasteiger partial charge is 0.346 e. The maximum absolute atomic E-state index is 12.7. The van der Waals surface area contributed by atoms with Gasteiger partial charge >= 0.3 is 23.9 Å². The standard InChI is InChI=1S/C20H32N4O9/c1-10(2)8-13(20(31)33-18(29)11(21)4-6-15(22)25)24(3)9-14(17(27)28)32-19(30)12-5-7-16(26)23-12/h10-14H,4-9,21H2,1-3H3,(H2,22,25)(H,23,26)(H,27,28)/t11-,12-,13-,14-/m0/s1. The summed E-state index contributed by atoms with van der Waals surface area (Å²) >= 11 is 0. The van der Waals surface area contributed by atoms with Gasteiger partial charge < -0.3 is 31.4 Å². The van der Waals surface area contributed by atoms with Gasteiger partial charge in [-0.1, -0.05) is 13.8 Å². The molecule has 0 spiro atoms. The number of nitrogens with zero attached hydrogens (tertiary/aromatic N) is 1. The van der Waals surface area contributed by atoms with Crippen molar-refractivity contribution in [1.82, 2.24) is 10.2 Å². The molecule has 0 unspecified atom stereocenters. The first-order valence-corrected chi connectivity index (χ1v) is 10.5. The van der Waals surface area contributed by atoms with E-state index in [9.17, 15) is 33.9 Å². The molecule has 1 fully saturated rings. The molecule has 13 nitrogen and oxygen atoms in total. The molecule has 1 rings (SSSR count). The van der Waals surface area contributed by atoms with Crippen molar-refractivity contribution in [3.05, 3.63) is 0 Å². The predicted octanol–water partition coefficient (Wildman–Crippen LogP) is -1.73. The summed E-state index contributed by atoms with van der Waals surface area (Å²) < 4.78 is 9.89. The molecule has 0 aromatic heterocycles. The van der Waals surface area contributed by atoms with Crippen LogP contribution in [0.15, 0.2) is 0 Å². The van der Waals surface area contributed by atoms with Gasteiger partial charge in [0.2, 0.25) is 17.9 Å². The van der Waals surface area contributed by atoms with Crippen LogP contribution < -0.4 is 16.8 Å². The van der Waals surface area contributed by atoms with Crippen LogP contribution in [0.2, 0.25) is 0 Å². The lowest BCUT2D eigenvalue weighted by molar-refractivity contribution is -0.169. The SMILES string of the molecule is CC(C)C[C@@H](C(=O)OC(=O)[C@@H](N)CCC(N)=O)N(C)C[C@H](OC(=O)[C@@H]1CCC(=O)N1)C(=O)O. The van der Waals surface area contributed by atoms with Crippen molar-refractivity contribution in [2.24, 2.45) is 17.4 Å². The van der Waals surface area contributed by atoms with Gasteiger partial charge in [0.15, 0.2) is 0 Å². The zero-order valence-corrected chi connectivity index (χ0v) is 18.9. The van der Waals surface area contributed by atoms with Gasteiger partial charge in [-0.05, 0) is 32.2 Å². The molecule has 0 bridgehead atoms. The number of ether oxygens (including phenoxy) is 2. The molecule has 4 atom stereocenters. The summed E-state index contributed by atoms with van der Waals surface area (Å²) in [7, 11) is 1.42. The molecule has 2 amide bonds. The molecule has 1 heterocycles. The minimum atomic E-state index is -1.63. The van der Waals surface area contributed by atoms with Crippen LogP contribution >= 0.6 is 0 Å². The van der Waals surface area contributed by atoms with E-state index >= 15 is 0 Å². The Bertz CT molecular complexity index is 771. The number of amides is 2. The van der Waals surface area contributed by atoms with Crippen LogP contribution in [0.5, 0.6) is 0 Å². The van der Waals surface area contributed by atoms with Crippen molar-refractivity contribution in [3.8, 4) is 0 Å². The lowest BCUT2D eigenvalue weighted by Crippen LogP contribution is -2.49. The van der Waals surface area contributed by atoms with Crippen LogP contribution in [0, 0.1) is 5.92 Å². The molecule has 186 valence electrons. The third-order valence-electron chi connectivity index (χ3n) is 4.97. The van der Waals surface area contributed by atoms with Crippen molar-refractivity contribution >= 4 is 35.7 Å². The molecule has 13 heteroatoms. The Morgan fingerprint density at radius 3 is 2.33 bits per heavy atom. The van der Waals surface area contributed by atoms with E-state index in [4.69, 9.17) is 20.9 Å². The second-order valence-corrected chi connectivity index (χ2v) is 8.36. The quantitative estimate of drug-likeness (QED) is 0.175. The summed E-state index contributed by atoms with van der Waals surface area (Å²) in [6.45, 7) is 3.24. The van der Waals surface area contributed by atoms with E-state index in [0.29, 0.717) is 0 Å². The molecule has 0 radical (unpaired) electrons. The minimum absolute atomic E-state index is 0.0387. The van der Waals surface area contributed by atoms with Crippen molar-refractivity contribution in [1.29, 1.82) is 0 Å². The first-order chi connectivity index (χ1) is 15.3. The molecule has 1 aliphatic heterocycles. The van der Waals surface area contributed by atoms with Gasteiger partial charge in [-0.2, -0.15) is 0 Å². The molecule has 0 saturated carbocycles. The first-order valence-electron chi connectivity index (χ1n) is 10.5. The van der Waals surface area contributed by atoms with Crippen molar-refractivity contribution in [2.75, 3.05) is 13.6 Å². The molecule has 0 aromatic carbocycles. The van der Waals surface area contributed by atoms with Crippen LogP contribution in [0.1, 0.15) is 46.0 Å². The largest absolute Gasteiger partial charge is 0.478 e. The zero-order valence-electron chi connectivity index (χ0n) is 18.9. The maximum Gasteiger partial charge on any atom is 0.346 e. The third-order valence-corrected chi connectivity index (χ3v) is 4.97. The second-order valence-electron chi connectivity index (χ2n) is 8.36. The van der Waals surface area contributed by atoms with E-state index in [1.54, 1.807) is 0 Å². The second kappa shape index (κ2) is 12.8. The van der Waals surface area contributed by atoms with Crippen molar-refractivity contribution in [3.63, 3.8) is 0 Å². The van der Waals surface area contributed by atoms with Gasteiger partial charge in [0.05, 0.1) is 0 Å². The number of carbonyl (C=O) groups is 6. The summed E-state index contributed by atoms with van der Waals surface area (Å²) in [6, 6.07) is -3.20. The molecule has 0 aromatic rings. The van der Waals surface area contributed by atoms with E-state index in [0.717, 1.165) is 0 Å². The fourth-order valence-electron chi connectivity index (χ4n) is 3.13. The summed E-state index contributed by atoms with van der Waals surface area (Å²) in [5.41, 5.74) is 10.6. The Balaban J connectivity index is 2.82. The summed E-state index contributed by atoms with van der Waals surface area (Å²) in [5.74, 6) is -5.36. The summed E-state index contributed by atoms with van der Waals surface area (Å²) in [4.78, 5) is 72.0. The topological polar surface area (TPSA) is 208 Å². The molecular weight excluding hydrogens is 440 g/mol. The first kappa shape index (κ1) is 28.0. The molecule has 1 saturated heterocycles. The van der Waals surface area contributed by atoms with E-state index in [2.05, 4.69) is 5.32 Å². The Morgan fingerprint density at radius 1 is 1.21 bits per heavy atom. The van der Waals surface area contributed by atoms with Crippen LogP contribution in [-0.2, 0) is 38.2 Å². The number of nitrogens with one attached hydrogen (secondary N) is 1. The van der Waals surface area contributed by atoms with E-state index in [-0.39, 0.29) is 50.5 Å². The average Bonchev–Trinajstić information content (AvgIpc) is 3.15. The summed E-state index contributed by atoms with van der Waals surface area (Å²) in [5, 5.41) is 11.9. The van der Waals surface area contributed by atoms with E-state index in [1.165, 1.54) is 11.9 Å². The van der Waals surface area contributed by atoms with Crippen molar-refractivity contribution < 1.29 is 43.3 Å². The van der Waals surface area contributed by atoms with E-state index in [1.807, 2.05) is 13.8 Å².